The molecule has 0 aromatic heterocycles. The van der Waals surface area contributed by atoms with Gasteiger partial charge in [0.25, 0.3) is 0 Å². The van der Waals surface area contributed by atoms with E-state index < -0.39 is 13.4 Å². The van der Waals surface area contributed by atoms with E-state index in [0.29, 0.717) is 18.8 Å². The molecule has 2 saturated heterocycles. The molecule has 1 N–H and O–H groups in total. The zero-order valence-corrected chi connectivity index (χ0v) is 20.1. The van der Waals surface area contributed by atoms with Gasteiger partial charge in [0.05, 0.1) is 0 Å². The summed E-state index contributed by atoms with van der Waals surface area (Å²) in [6.07, 6.45) is -0.0164. The Bertz CT molecular complexity index is 1360. The number of amides is 2. The number of rotatable bonds is 4. The Morgan fingerprint density at radius 3 is 1.86 bits per heavy atom. The third kappa shape index (κ3) is 3.41. The molecule has 0 bridgehead atoms. The zero-order chi connectivity index (χ0) is 24.0. The van der Waals surface area contributed by atoms with Crippen molar-refractivity contribution in [3.8, 4) is 0 Å². The summed E-state index contributed by atoms with van der Waals surface area (Å²) in [5, 5.41) is 1.81. The molecule has 0 spiro atoms. The minimum atomic E-state index is -3.69. The Balaban J connectivity index is 1.46. The molecule has 0 aliphatic carbocycles. The number of fused-ring (bicyclic) bond motifs is 1. The van der Waals surface area contributed by atoms with Gasteiger partial charge in [0, 0.05) is 0 Å². The van der Waals surface area contributed by atoms with E-state index in [0.717, 1.165) is 22.1 Å². The fourth-order valence-electron chi connectivity index (χ4n) is 5.50. The number of hydrogen-bond donors (Lipinski definition) is 1. The van der Waals surface area contributed by atoms with Gasteiger partial charge in [-0.2, -0.15) is 0 Å². The van der Waals surface area contributed by atoms with Crippen LogP contribution in [0.3, 0.4) is 0 Å². The Morgan fingerprint density at radius 2 is 1.23 bits per heavy atom. The van der Waals surface area contributed by atoms with E-state index in [-0.39, 0.29) is 18.2 Å². The fourth-order valence-corrected chi connectivity index (χ4v) is 9.37. The number of anilines is 3. The number of benzene rings is 4. The van der Waals surface area contributed by atoms with Crippen molar-refractivity contribution in [3.05, 3.63) is 103 Å². The van der Waals surface area contributed by atoms with Gasteiger partial charge in [0.15, 0.2) is 0 Å². The standard InChI is InChI=1S/C28H26N3O3P/c32-27-20-26(28(33)31(27)25-17-9-11-21-10-7-8-16-24(21)25)35(34)29(22-12-3-1-4-13-22)18-19-30(35)23-14-5-2-6-15-23/h1-17,26,34-35H,18-20H2. The van der Waals surface area contributed by atoms with Gasteiger partial charge >= 0.3 is 204 Å². The van der Waals surface area contributed by atoms with Gasteiger partial charge in [-0.3, -0.25) is 0 Å². The van der Waals surface area contributed by atoms with E-state index in [1.165, 1.54) is 4.90 Å². The number of carbonyl (C=O) groups excluding carboxylic acids is 2. The van der Waals surface area contributed by atoms with Crippen LogP contribution in [0.25, 0.3) is 10.8 Å². The molecule has 2 fully saturated rings. The van der Waals surface area contributed by atoms with Crippen molar-refractivity contribution in [1.82, 2.24) is 0 Å². The summed E-state index contributed by atoms with van der Waals surface area (Å²) in [5.74, 6) is -0.602. The van der Waals surface area contributed by atoms with Crippen LogP contribution in [-0.4, -0.2) is 35.5 Å². The summed E-state index contributed by atoms with van der Waals surface area (Å²) in [7, 11) is -3.69. The molecule has 4 aromatic carbocycles. The van der Waals surface area contributed by atoms with Gasteiger partial charge in [0.2, 0.25) is 0 Å². The molecule has 2 aliphatic rings. The number of para-hydroxylation sites is 2. The minimum absolute atomic E-state index is 0.0164. The van der Waals surface area contributed by atoms with E-state index in [2.05, 4.69) is 0 Å². The SMILES string of the molecule is O=C1CC([PH]2(O)N(c3ccccc3)CCN2c2ccccc2)C(=O)N1c1cccc2ccccc12. The number of carbonyl (C=O) groups is 2. The van der Waals surface area contributed by atoms with E-state index in [4.69, 9.17) is 0 Å². The van der Waals surface area contributed by atoms with E-state index in [1.54, 1.807) is 0 Å². The molecule has 35 heavy (non-hydrogen) atoms. The average molecular weight is 484 g/mol. The second-order valence-electron chi connectivity index (χ2n) is 8.98. The van der Waals surface area contributed by atoms with Crippen LogP contribution in [0.2, 0.25) is 0 Å². The van der Waals surface area contributed by atoms with Crippen LogP contribution < -0.4 is 14.2 Å². The Hall–Kier alpha value is -3.73. The van der Waals surface area contributed by atoms with Crippen LogP contribution >= 0.6 is 7.79 Å². The summed E-state index contributed by atoms with van der Waals surface area (Å²) in [6.45, 7) is 1.15. The first-order valence-electron chi connectivity index (χ1n) is 11.8. The van der Waals surface area contributed by atoms with Gasteiger partial charge in [-0.25, -0.2) is 0 Å². The number of imide groups is 1. The van der Waals surface area contributed by atoms with Crippen molar-refractivity contribution < 1.29 is 14.5 Å². The van der Waals surface area contributed by atoms with Crippen molar-refractivity contribution in [2.24, 2.45) is 0 Å². The topological polar surface area (TPSA) is 64.1 Å². The second-order valence-corrected chi connectivity index (χ2v) is 12.1. The predicted octanol–water partition coefficient (Wildman–Crippen LogP) is 4.99. The monoisotopic (exact) mass is 483 g/mol. The first kappa shape index (κ1) is 21.8. The summed E-state index contributed by atoms with van der Waals surface area (Å²) in [5.41, 5.74) is 1.48. The van der Waals surface area contributed by atoms with Crippen molar-refractivity contribution in [2.75, 3.05) is 27.3 Å². The fraction of sp³-hybridized carbons (Fsp3) is 0.143. The van der Waals surface area contributed by atoms with Gasteiger partial charge in [-0.1, -0.05) is 0 Å². The molecule has 0 saturated carbocycles. The zero-order valence-electron chi connectivity index (χ0n) is 19.1. The normalized spacial score (nSPS) is 20.6. The molecule has 2 heterocycles. The summed E-state index contributed by atoms with van der Waals surface area (Å²) < 4.78 is 3.98. The van der Waals surface area contributed by atoms with E-state index >= 15 is 0 Å². The average Bonchev–Trinajstić information content (AvgIpc) is 3.41. The Kier molecular flexibility index (Phi) is 5.28. The third-order valence-corrected chi connectivity index (χ3v) is 11.0. The molecular formula is C28H26N3O3P. The first-order chi connectivity index (χ1) is 17.1. The molecule has 1 atom stereocenters. The van der Waals surface area contributed by atoms with E-state index in [1.807, 2.05) is 112 Å². The molecule has 6 rings (SSSR count). The molecule has 6 nitrogen and oxygen atoms in total. The van der Waals surface area contributed by atoms with Crippen LogP contribution in [-0.2, 0) is 9.59 Å². The molecule has 0 radical (unpaired) electrons. The van der Waals surface area contributed by atoms with Crippen LogP contribution in [0.1, 0.15) is 6.42 Å². The summed E-state index contributed by atoms with van der Waals surface area (Å²) in [4.78, 5) is 41.3. The third-order valence-electron chi connectivity index (χ3n) is 7.10. The van der Waals surface area contributed by atoms with Crippen LogP contribution in [0.15, 0.2) is 103 Å². The van der Waals surface area contributed by atoms with Crippen LogP contribution in [0, 0.1) is 0 Å². The van der Waals surface area contributed by atoms with Crippen molar-refractivity contribution in [2.45, 2.75) is 12.1 Å². The van der Waals surface area contributed by atoms with Gasteiger partial charge in [0.1, 0.15) is 0 Å². The number of nitrogens with zero attached hydrogens (tertiary/aromatic N) is 3. The van der Waals surface area contributed by atoms with Crippen LogP contribution in [0.5, 0.6) is 0 Å². The molecule has 176 valence electrons. The van der Waals surface area contributed by atoms with Gasteiger partial charge in [-0.05, 0) is 0 Å². The maximum absolute atomic E-state index is 14.0. The van der Waals surface area contributed by atoms with Gasteiger partial charge < -0.3 is 0 Å². The second kappa shape index (κ2) is 8.49. The van der Waals surface area contributed by atoms with E-state index in [9.17, 15) is 14.5 Å². The molecular weight excluding hydrogens is 457 g/mol. The summed E-state index contributed by atoms with van der Waals surface area (Å²) >= 11 is 0. The maximum atomic E-state index is 14.0. The van der Waals surface area contributed by atoms with Crippen molar-refractivity contribution >= 4 is 47.4 Å². The number of hydrogen-bond acceptors (Lipinski definition) is 5. The summed E-state index contributed by atoms with van der Waals surface area (Å²) in [6, 6.07) is 32.8. The Labute approximate surface area is 204 Å². The molecule has 7 heteroatoms. The van der Waals surface area contributed by atoms with Crippen molar-refractivity contribution in [3.63, 3.8) is 0 Å². The molecule has 2 aliphatic heterocycles. The van der Waals surface area contributed by atoms with Crippen molar-refractivity contribution in [1.29, 1.82) is 0 Å². The van der Waals surface area contributed by atoms with Gasteiger partial charge in [-0.15, -0.1) is 0 Å². The molecule has 1 unspecified atom stereocenters. The quantitative estimate of drug-likeness (QED) is 0.328. The molecule has 4 aromatic rings. The molecule has 2 amide bonds. The Morgan fingerprint density at radius 1 is 0.686 bits per heavy atom. The predicted molar refractivity (Wildman–Crippen MR) is 143 cm³/mol. The van der Waals surface area contributed by atoms with Crippen LogP contribution in [0.4, 0.5) is 17.1 Å². The first-order valence-corrected chi connectivity index (χ1v) is 13.7.